The van der Waals surface area contributed by atoms with Gasteiger partial charge in [0.25, 0.3) is 5.56 Å². The Morgan fingerprint density at radius 3 is 2.68 bits per heavy atom. The fourth-order valence-corrected chi connectivity index (χ4v) is 2.95. The average molecular weight is 281 g/mol. The first kappa shape index (κ1) is 13.4. The van der Waals surface area contributed by atoms with Crippen LogP contribution in [0.5, 0.6) is 0 Å². The maximum absolute atomic E-state index is 11.9. The molecule has 0 bridgehead atoms. The number of carbonyl (C=O) groups is 2. The molecule has 1 aliphatic heterocycles. The van der Waals surface area contributed by atoms with Gasteiger partial charge in [0.15, 0.2) is 0 Å². The summed E-state index contributed by atoms with van der Waals surface area (Å²) in [6, 6.07) is 2.38. The second-order valence-electron chi connectivity index (χ2n) is 3.94. The lowest BCUT2D eigenvalue weighted by Crippen LogP contribution is -2.29. The Morgan fingerprint density at radius 1 is 1.42 bits per heavy atom. The standard InChI is InChI=1S/C12H11NO5S/c1-6-5-19-10-7(11(15)16)3-4-8(14)13(10)9(6)12(17)18-2/h3-4H,5H2,1-2H3,(H,15,16). The lowest BCUT2D eigenvalue weighted by atomic mass is 10.2. The highest BCUT2D eigenvalue weighted by molar-refractivity contribution is 7.99. The highest BCUT2D eigenvalue weighted by Crippen LogP contribution is 2.32. The highest BCUT2D eigenvalue weighted by Gasteiger charge is 2.27. The van der Waals surface area contributed by atoms with Crippen LogP contribution in [0, 0.1) is 0 Å². The maximum Gasteiger partial charge on any atom is 0.355 e. The normalized spacial score (nSPS) is 14.0. The third kappa shape index (κ3) is 2.17. The third-order valence-corrected chi connectivity index (χ3v) is 3.96. The zero-order valence-electron chi connectivity index (χ0n) is 10.3. The van der Waals surface area contributed by atoms with E-state index in [0.717, 1.165) is 10.6 Å². The minimum Gasteiger partial charge on any atom is -0.478 e. The van der Waals surface area contributed by atoms with Crippen molar-refractivity contribution in [1.82, 2.24) is 4.57 Å². The number of nitrogens with zero attached hydrogens (tertiary/aromatic N) is 1. The number of carboxylic acids is 1. The van der Waals surface area contributed by atoms with Crippen molar-refractivity contribution in [2.75, 3.05) is 12.9 Å². The first-order valence-electron chi connectivity index (χ1n) is 5.38. The minimum atomic E-state index is -1.14. The summed E-state index contributed by atoms with van der Waals surface area (Å²) in [6.45, 7) is 1.71. The van der Waals surface area contributed by atoms with Gasteiger partial charge >= 0.3 is 11.9 Å². The summed E-state index contributed by atoms with van der Waals surface area (Å²) < 4.78 is 5.77. The quantitative estimate of drug-likeness (QED) is 0.816. The van der Waals surface area contributed by atoms with E-state index < -0.39 is 17.5 Å². The molecule has 0 spiro atoms. The van der Waals surface area contributed by atoms with Gasteiger partial charge in [-0.05, 0) is 18.6 Å². The average Bonchev–Trinajstić information content (AvgIpc) is 2.38. The lowest BCUT2D eigenvalue weighted by Gasteiger charge is -2.22. The van der Waals surface area contributed by atoms with Gasteiger partial charge < -0.3 is 9.84 Å². The third-order valence-electron chi connectivity index (χ3n) is 2.71. The largest absolute Gasteiger partial charge is 0.478 e. The number of rotatable bonds is 2. The van der Waals surface area contributed by atoms with Gasteiger partial charge in [-0.1, -0.05) is 0 Å². The van der Waals surface area contributed by atoms with Gasteiger partial charge in [0.2, 0.25) is 0 Å². The molecular formula is C12H11NO5S. The van der Waals surface area contributed by atoms with Gasteiger partial charge in [-0.3, -0.25) is 9.36 Å². The van der Waals surface area contributed by atoms with Crippen LogP contribution in [0.3, 0.4) is 0 Å². The van der Waals surface area contributed by atoms with Crippen molar-refractivity contribution in [3.05, 3.63) is 33.6 Å². The number of aromatic carboxylic acids is 1. The monoisotopic (exact) mass is 281 g/mol. The molecule has 0 amide bonds. The molecule has 0 aromatic carbocycles. The first-order valence-corrected chi connectivity index (χ1v) is 6.36. The van der Waals surface area contributed by atoms with E-state index in [1.165, 1.54) is 24.9 Å². The Labute approximate surface area is 112 Å². The van der Waals surface area contributed by atoms with Crippen molar-refractivity contribution in [3.63, 3.8) is 0 Å². The molecule has 100 valence electrons. The van der Waals surface area contributed by atoms with E-state index in [-0.39, 0.29) is 16.3 Å². The molecule has 6 nitrogen and oxygen atoms in total. The topological polar surface area (TPSA) is 85.6 Å². The van der Waals surface area contributed by atoms with Crippen molar-refractivity contribution in [1.29, 1.82) is 0 Å². The van der Waals surface area contributed by atoms with Crippen LogP contribution in [0.25, 0.3) is 5.70 Å². The van der Waals surface area contributed by atoms with Crippen LogP contribution in [-0.4, -0.2) is 34.5 Å². The second kappa shape index (κ2) is 4.93. The molecule has 0 unspecified atom stereocenters. The Balaban J connectivity index is 2.78. The highest BCUT2D eigenvalue weighted by atomic mass is 32.2. The van der Waals surface area contributed by atoms with Gasteiger partial charge in [0, 0.05) is 11.8 Å². The van der Waals surface area contributed by atoms with Gasteiger partial charge in [-0.15, -0.1) is 11.8 Å². The predicted octanol–water partition coefficient (Wildman–Crippen LogP) is 1.06. The molecule has 0 radical (unpaired) electrons. The van der Waals surface area contributed by atoms with Crippen LogP contribution in [0.2, 0.25) is 0 Å². The Bertz CT molecular complexity index is 659. The van der Waals surface area contributed by atoms with E-state index in [0.29, 0.717) is 11.3 Å². The van der Waals surface area contributed by atoms with Crippen molar-refractivity contribution in [3.8, 4) is 0 Å². The summed E-state index contributed by atoms with van der Waals surface area (Å²) in [4.78, 5) is 34.9. The zero-order chi connectivity index (χ0) is 14.2. The number of carbonyl (C=O) groups excluding carboxylic acids is 1. The van der Waals surface area contributed by atoms with E-state index in [4.69, 9.17) is 5.11 Å². The van der Waals surface area contributed by atoms with E-state index in [1.54, 1.807) is 6.92 Å². The number of ether oxygens (including phenoxy) is 1. The Morgan fingerprint density at radius 2 is 2.11 bits per heavy atom. The number of hydrogen-bond acceptors (Lipinski definition) is 5. The molecule has 1 aliphatic rings. The van der Waals surface area contributed by atoms with Crippen LogP contribution >= 0.6 is 11.8 Å². The summed E-state index contributed by atoms with van der Waals surface area (Å²) in [6.07, 6.45) is 0. The molecule has 0 atom stereocenters. The molecule has 1 aromatic heterocycles. The molecular weight excluding hydrogens is 270 g/mol. The molecule has 7 heteroatoms. The van der Waals surface area contributed by atoms with Gasteiger partial charge in [0.1, 0.15) is 5.70 Å². The van der Waals surface area contributed by atoms with Crippen LogP contribution in [0.15, 0.2) is 27.5 Å². The van der Waals surface area contributed by atoms with Crippen LogP contribution < -0.4 is 5.56 Å². The molecule has 1 N–H and O–H groups in total. The number of thioether (sulfide) groups is 1. The number of methoxy groups -OCH3 is 1. The summed E-state index contributed by atoms with van der Waals surface area (Å²) in [5, 5.41) is 9.37. The molecule has 19 heavy (non-hydrogen) atoms. The lowest BCUT2D eigenvalue weighted by molar-refractivity contribution is -0.134. The molecule has 0 saturated carbocycles. The van der Waals surface area contributed by atoms with Crippen LogP contribution in [-0.2, 0) is 9.53 Å². The Hall–Kier alpha value is -2.02. The van der Waals surface area contributed by atoms with Crippen LogP contribution in [0.4, 0.5) is 0 Å². The number of esters is 1. The number of fused-ring (bicyclic) bond motifs is 1. The zero-order valence-corrected chi connectivity index (χ0v) is 11.1. The van der Waals surface area contributed by atoms with Gasteiger partial charge in [0.05, 0.1) is 17.7 Å². The second-order valence-corrected chi connectivity index (χ2v) is 4.90. The Kier molecular flexibility index (Phi) is 3.48. The van der Waals surface area contributed by atoms with E-state index in [2.05, 4.69) is 4.74 Å². The van der Waals surface area contributed by atoms with Crippen molar-refractivity contribution >= 4 is 29.4 Å². The van der Waals surface area contributed by atoms with E-state index in [1.807, 2.05) is 0 Å². The van der Waals surface area contributed by atoms with Crippen LogP contribution in [0.1, 0.15) is 17.3 Å². The van der Waals surface area contributed by atoms with Gasteiger partial charge in [-0.25, -0.2) is 9.59 Å². The number of aromatic nitrogens is 1. The maximum atomic E-state index is 11.9. The molecule has 0 saturated heterocycles. The minimum absolute atomic E-state index is 0.00139. The molecule has 0 fully saturated rings. The molecule has 2 rings (SSSR count). The fourth-order valence-electron chi connectivity index (χ4n) is 1.84. The summed E-state index contributed by atoms with van der Waals surface area (Å²) in [5.41, 5.74) is 0.323. The smallest absolute Gasteiger partial charge is 0.355 e. The number of pyridine rings is 1. The van der Waals surface area contributed by atoms with Crippen molar-refractivity contribution < 1.29 is 19.4 Å². The van der Waals surface area contributed by atoms with Crippen molar-refractivity contribution in [2.45, 2.75) is 11.9 Å². The van der Waals surface area contributed by atoms with E-state index in [9.17, 15) is 14.4 Å². The van der Waals surface area contributed by atoms with E-state index >= 15 is 0 Å². The van der Waals surface area contributed by atoms with Gasteiger partial charge in [-0.2, -0.15) is 0 Å². The summed E-state index contributed by atoms with van der Waals surface area (Å²) in [5.74, 6) is -1.35. The van der Waals surface area contributed by atoms with Crippen molar-refractivity contribution in [2.24, 2.45) is 0 Å². The first-order chi connectivity index (χ1) is 8.97. The SMILES string of the molecule is COC(=O)C1=C(C)CSc2c(C(=O)O)ccc(=O)n21. The fraction of sp³-hybridized carbons (Fsp3) is 0.250. The predicted molar refractivity (Wildman–Crippen MR) is 69.3 cm³/mol. The molecule has 0 aliphatic carbocycles. The summed E-state index contributed by atoms with van der Waals surface area (Å²) in [7, 11) is 1.22. The number of carboxylic acid groups (broad SMARTS) is 1. The number of hydrogen-bond donors (Lipinski definition) is 1. The molecule has 2 heterocycles. The molecule has 1 aromatic rings. The summed E-state index contributed by atoms with van der Waals surface area (Å²) >= 11 is 1.21.